The Bertz CT molecular complexity index is 443. The van der Waals surface area contributed by atoms with E-state index >= 15 is 0 Å². The highest BCUT2D eigenvalue weighted by Gasteiger charge is 2.19. The predicted molar refractivity (Wildman–Crippen MR) is 68.2 cm³/mol. The van der Waals surface area contributed by atoms with Crippen LogP contribution in [-0.4, -0.2) is 30.2 Å². The number of aliphatic hydroxyl groups excluding tert-OH is 1. The molecule has 0 saturated carbocycles. The molecule has 1 fully saturated rings. The zero-order valence-electron chi connectivity index (χ0n) is 10.3. The van der Waals surface area contributed by atoms with E-state index in [0.717, 1.165) is 0 Å². The van der Waals surface area contributed by atoms with E-state index in [1.54, 1.807) is 12.1 Å². The molecular weight excluding hydrogens is 235 g/mol. The number of hydrogen-bond donors (Lipinski definition) is 2. The van der Waals surface area contributed by atoms with Crippen molar-refractivity contribution >= 4 is 17.3 Å². The molecule has 1 heterocycles. The van der Waals surface area contributed by atoms with Crippen molar-refractivity contribution in [2.45, 2.75) is 25.9 Å². The van der Waals surface area contributed by atoms with Crippen molar-refractivity contribution in [1.29, 1.82) is 0 Å². The van der Waals surface area contributed by atoms with Crippen LogP contribution in [0.25, 0.3) is 0 Å². The normalized spacial score (nSPS) is 16.7. The summed E-state index contributed by atoms with van der Waals surface area (Å²) in [4.78, 5) is 12.9. The third kappa shape index (κ3) is 2.98. The van der Waals surface area contributed by atoms with E-state index in [2.05, 4.69) is 5.32 Å². The fourth-order valence-corrected chi connectivity index (χ4v) is 2.14. The van der Waals surface area contributed by atoms with E-state index in [9.17, 15) is 14.3 Å². The van der Waals surface area contributed by atoms with Gasteiger partial charge in [-0.05, 0) is 31.0 Å². The number of nitrogens with one attached hydrogen (secondary N) is 1. The Balaban J connectivity index is 2.18. The summed E-state index contributed by atoms with van der Waals surface area (Å²) < 4.78 is 13.8. The molecule has 0 unspecified atom stereocenters. The highest BCUT2D eigenvalue weighted by molar-refractivity contribution is 5.89. The molecule has 1 aromatic rings. The van der Waals surface area contributed by atoms with Crippen molar-refractivity contribution in [1.82, 2.24) is 0 Å². The molecule has 4 nitrogen and oxygen atoms in total. The zero-order valence-corrected chi connectivity index (χ0v) is 10.3. The van der Waals surface area contributed by atoms with Crippen LogP contribution in [0, 0.1) is 5.82 Å². The van der Waals surface area contributed by atoms with Crippen LogP contribution in [-0.2, 0) is 4.79 Å². The summed E-state index contributed by atoms with van der Waals surface area (Å²) in [6.45, 7) is 2.67. The Morgan fingerprint density at radius 3 is 2.72 bits per heavy atom. The summed E-state index contributed by atoms with van der Waals surface area (Å²) in [5, 5.41) is 12.1. The van der Waals surface area contributed by atoms with E-state index in [0.29, 0.717) is 37.3 Å². The second kappa shape index (κ2) is 5.35. The third-order valence-corrected chi connectivity index (χ3v) is 3.07. The summed E-state index contributed by atoms with van der Waals surface area (Å²) in [6, 6.07) is 4.53. The van der Waals surface area contributed by atoms with Crippen molar-refractivity contribution in [2.24, 2.45) is 0 Å². The molecule has 0 bridgehead atoms. The van der Waals surface area contributed by atoms with Crippen LogP contribution in [0.15, 0.2) is 18.2 Å². The van der Waals surface area contributed by atoms with Crippen molar-refractivity contribution in [3.63, 3.8) is 0 Å². The van der Waals surface area contributed by atoms with Crippen LogP contribution in [0.3, 0.4) is 0 Å². The molecule has 2 N–H and O–H groups in total. The topological polar surface area (TPSA) is 52.6 Å². The van der Waals surface area contributed by atoms with Gasteiger partial charge in [0.1, 0.15) is 5.82 Å². The highest BCUT2D eigenvalue weighted by Crippen LogP contribution is 2.26. The molecule has 18 heavy (non-hydrogen) atoms. The van der Waals surface area contributed by atoms with E-state index in [4.69, 9.17) is 0 Å². The molecule has 1 amide bonds. The molecule has 1 aliphatic heterocycles. The van der Waals surface area contributed by atoms with Crippen molar-refractivity contribution in [3.05, 3.63) is 24.0 Å². The van der Waals surface area contributed by atoms with Gasteiger partial charge in [0.2, 0.25) is 5.91 Å². The number of rotatable bonds is 2. The average Bonchev–Trinajstić information content (AvgIpc) is 2.32. The molecular formula is C13H17FN2O2. The van der Waals surface area contributed by atoms with Crippen molar-refractivity contribution in [3.8, 4) is 0 Å². The van der Waals surface area contributed by atoms with Gasteiger partial charge in [-0.3, -0.25) is 4.79 Å². The average molecular weight is 252 g/mol. The maximum absolute atomic E-state index is 13.8. The first-order chi connectivity index (χ1) is 8.56. The smallest absolute Gasteiger partial charge is 0.221 e. The zero-order chi connectivity index (χ0) is 13.1. The van der Waals surface area contributed by atoms with Crippen LogP contribution >= 0.6 is 0 Å². The molecule has 0 radical (unpaired) electrons. The van der Waals surface area contributed by atoms with Crippen LogP contribution in [0.4, 0.5) is 15.8 Å². The maximum atomic E-state index is 13.8. The van der Waals surface area contributed by atoms with Gasteiger partial charge in [0.25, 0.3) is 0 Å². The van der Waals surface area contributed by atoms with Crippen LogP contribution < -0.4 is 10.2 Å². The number of piperidine rings is 1. The van der Waals surface area contributed by atoms with Gasteiger partial charge in [0.05, 0.1) is 11.8 Å². The first kappa shape index (κ1) is 12.8. The van der Waals surface area contributed by atoms with E-state index in [1.807, 2.05) is 4.90 Å². The molecule has 0 spiro atoms. The van der Waals surface area contributed by atoms with Gasteiger partial charge < -0.3 is 15.3 Å². The van der Waals surface area contributed by atoms with Gasteiger partial charge in [-0.15, -0.1) is 0 Å². The van der Waals surface area contributed by atoms with E-state index in [-0.39, 0.29) is 17.8 Å². The van der Waals surface area contributed by atoms with Gasteiger partial charge in [-0.1, -0.05) is 0 Å². The van der Waals surface area contributed by atoms with Crippen LogP contribution in [0.5, 0.6) is 0 Å². The lowest BCUT2D eigenvalue weighted by Gasteiger charge is -2.31. The summed E-state index contributed by atoms with van der Waals surface area (Å²) in [6.07, 6.45) is 0.996. The molecule has 0 aliphatic carbocycles. The Morgan fingerprint density at radius 2 is 2.11 bits per heavy atom. The summed E-state index contributed by atoms with van der Waals surface area (Å²) in [5.74, 6) is -0.484. The van der Waals surface area contributed by atoms with Gasteiger partial charge in [-0.25, -0.2) is 4.39 Å². The van der Waals surface area contributed by atoms with E-state index in [1.165, 1.54) is 13.0 Å². The highest BCUT2D eigenvalue weighted by atomic mass is 19.1. The Kier molecular flexibility index (Phi) is 3.81. The number of nitrogens with zero attached hydrogens (tertiary/aromatic N) is 1. The Hall–Kier alpha value is -1.62. The molecule has 5 heteroatoms. The first-order valence-corrected chi connectivity index (χ1v) is 6.06. The van der Waals surface area contributed by atoms with Crippen LogP contribution in [0.1, 0.15) is 19.8 Å². The third-order valence-electron chi connectivity index (χ3n) is 3.07. The Labute approximate surface area is 105 Å². The number of amides is 1. The second-order valence-electron chi connectivity index (χ2n) is 4.57. The summed E-state index contributed by atoms with van der Waals surface area (Å²) in [5.41, 5.74) is 1.07. The molecule has 0 atom stereocenters. The minimum Gasteiger partial charge on any atom is -0.393 e. The molecule has 98 valence electrons. The van der Waals surface area contributed by atoms with Gasteiger partial charge in [0.15, 0.2) is 0 Å². The first-order valence-electron chi connectivity index (χ1n) is 6.06. The fourth-order valence-electron chi connectivity index (χ4n) is 2.14. The summed E-state index contributed by atoms with van der Waals surface area (Å²) >= 11 is 0. The number of hydrogen-bond acceptors (Lipinski definition) is 3. The lowest BCUT2D eigenvalue weighted by Crippen LogP contribution is -2.36. The van der Waals surface area contributed by atoms with Gasteiger partial charge in [-0.2, -0.15) is 0 Å². The number of anilines is 2. The molecule has 1 aliphatic rings. The fraction of sp³-hybridized carbons (Fsp3) is 0.462. The standard InChI is InChI=1S/C13H17FN2O2/c1-9(17)15-10-2-3-12(14)13(8-10)16-6-4-11(18)5-7-16/h2-3,8,11,18H,4-7H2,1H3,(H,15,17). The number of carbonyl (C=O) groups is 1. The SMILES string of the molecule is CC(=O)Nc1ccc(F)c(N2CCC(O)CC2)c1. The monoisotopic (exact) mass is 252 g/mol. The number of aliphatic hydroxyl groups is 1. The summed E-state index contributed by atoms with van der Waals surface area (Å²) in [7, 11) is 0. The number of carbonyl (C=O) groups excluding carboxylic acids is 1. The second-order valence-corrected chi connectivity index (χ2v) is 4.57. The van der Waals surface area contributed by atoms with Gasteiger partial charge >= 0.3 is 0 Å². The molecule has 1 saturated heterocycles. The lowest BCUT2D eigenvalue weighted by atomic mass is 10.1. The quantitative estimate of drug-likeness (QED) is 0.843. The van der Waals surface area contributed by atoms with Gasteiger partial charge in [0, 0.05) is 25.7 Å². The number of benzene rings is 1. The van der Waals surface area contributed by atoms with Crippen LogP contribution in [0.2, 0.25) is 0 Å². The molecule has 1 aromatic carbocycles. The lowest BCUT2D eigenvalue weighted by molar-refractivity contribution is -0.114. The number of halogens is 1. The maximum Gasteiger partial charge on any atom is 0.221 e. The predicted octanol–water partition coefficient (Wildman–Crippen LogP) is 1.75. The van der Waals surface area contributed by atoms with E-state index < -0.39 is 0 Å². The molecule has 2 rings (SSSR count). The largest absolute Gasteiger partial charge is 0.393 e. The van der Waals surface area contributed by atoms with Crippen molar-refractivity contribution in [2.75, 3.05) is 23.3 Å². The molecule has 0 aromatic heterocycles. The Morgan fingerprint density at radius 1 is 1.44 bits per heavy atom. The minimum atomic E-state index is -0.305. The minimum absolute atomic E-state index is 0.179. The van der Waals surface area contributed by atoms with Crippen molar-refractivity contribution < 1.29 is 14.3 Å².